The molecule has 2 aromatic rings. The van der Waals surface area contributed by atoms with Gasteiger partial charge in [0.1, 0.15) is 5.76 Å². The Morgan fingerprint density at radius 2 is 1.44 bits per heavy atom. The summed E-state index contributed by atoms with van der Waals surface area (Å²) in [7, 11) is 0.00356. The van der Waals surface area contributed by atoms with Gasteiger partial charge in [-0.2, -0.15) is 0 Å². The van der Waals surface area contributed by atoms with Crippen LogP contribution in [0, 0.1) is 5.92 Å². The lowest BCUT2D eigenvalue weighted by molar-refractivity contribution is 0.248. The Hall–Kier alpha value is -2.33. The smallest absolute Gasteiger partial charge is 0.450 e. The van der Waals surface area contributed by atoms with E-state index in [1.165, 1.54) is 11.1 Å². The zero-order valence-corrected chi connectivity index (χ0v) is 21.1. The number of hydrogen-bond acceptors (Lipinski definition) is 3. The van der Waals surface area contributed by atoms with Crippen molar-refractivity contribution in [2.75, 3.05) is 0 Å². The van der Waals surface area contributed by atoms with Crippen molar-refractivity contribution in [1.82, 2.24) is 4.81 Å². The summed E-state index contributed by atoms with van der Waals surface area (Å²) in [5.74, 6) is 1.53. The summed E-state index contributed by atoms with van der Waals surface area (Å²) in [4.78, 5) is 7.46. The number of nitrogens with zero attached hydrogens (tertiary/aromatic N) is 2. The Morgan fingerprint density at radius 1 is 0.938 bits per heavy atom. The first kappa shape index (κ1) is 24.3. The van der Waals surface area contributed by atoms with Crippen molar-refractivity contribution in [2.45, 2.75) is 78.8 Å². The zero-order chi connectivity index (χ0) is 23.5. The highest BCUT2D eigenvalue weighted by atomic mass is 16.5. The number of benzene rings is 2. The molecule has 0 radical (unpaired) electrons. The number of hydrogen-bond donors (Lipinski definition) is 0. The van der Waals surface area contributed by atoms with Crippen LogP contribution in [0.1, 0.15) is 66.5 Å². The summed E-state index contributed by atoms with van der Waals surface area (Å²) >= 11 is 0. The highest BCUT2D eigenvalue weighted by Crippen LogP contribution is 2.39. The van der Waals surface area contributed by atoms with E-state index in [0.717, 1.165) is 17.7 Å². The van der Waals surface area contributed by atoms with Gasteiger partial charge in [0.25, 0.3) is 0 Å². The van der Waals surface area contributed by atoms with E-state index < -0.39 is 0 Å². The molecule has 3 nitrogen and oxygen atoms in total. The minimum absolute atomic E-state index is 0.00356. The van der Waals surface area contributed by atoms with Crippen LogP contribution < -0.4 is 0 Å². The molecule has 0 saturated carbocycles. The summed E-state index contributed by atoms with van der Waals surface area (Å²) in [5.41, 5.74) is 3.26. The maximum atomic E-state index is 6.87. The van der Waals surface area contributed by atoms with Gasteiger partial charge in [-0.1, -0.05) is 74.5 Å². The fourth-order valence-corrected chi connectivity index (χ4v) is 4.29. The third kappa shape index (κ3) is 5.92. The monoisotopic (exact) mass is 430 g/mol. The average Bonchev–Trinajstić information content (AvgIpc) is 3.05. The van der Waals surface area contributed by atoms with Crippen LogP contribution in [0.15, 0.2) is 71.4 Å². The Labute approximate surface area is 195 Å². The van der Waals surface area contributed by atoms with Crippen molar-refractivity contribution in [3.05, 3.63) is 77.5 Å². The summed E-state index contributed by atoms with van der Waals surface area (Å²) in [6, 6.07) is 21.2. The maximum absolute atomic E-state index is 6.87. The second-order valence-corrected chi connectivity index (χ2v) is 11.1. The first-order valence-corrected chi connectivity index (χ1v) is 11.8. The van der Waals surface area contributed by atoms with Gasteiger partial charge >= 0.3 is 7.05 Å². The van der Waals surface area contributed by atoms with Gasteiger partial charge in [-0.15, -0.1) is 0 Å². The first-order valence-electron chi connectivity index (χ1n) is 11.8. The van der Waals surface area contributed by atoms with E-state index in [1.807, 2.05) is 0 Å². The molecule has 4 heteroatoms. The predicted octanol–water partition coefficient (Wildman–Crippen LogP) is 6.96. The molecule has 170 valence electrons. The van der Waals surface area contributed by atoms with E-state index in [0.29, 0.717) is 5.92 Å². The van der Waals surface area contributed by atoms with Crippen molar-refractivity contribution in [3.63, 3.8) is 0 Å². The lowest BCUT2D eigenvalue weighted by Gasteiger charge is -2.37. The molecule has 1 fully saturated rings. The van der Waals surface area contributed by atoms with Crippen LogP contribution in [0.25, 0.3) is 5.57 Å². The largest absolute Gasteiger partial charge is 0.547 e. The van der Waals surface area contributed by atoms with Crippen LogP contribution in [-0.4, -0.2) is 35.2 Å². The second-order valence-electron chi connectivity index (χ2n) is 11.1. The van der Waals surface area contributed by atoms with Crippen LogP contribution >= 0.6 is 0 Å². The first-order chi connectivity index (χ1) is 15.0. The van der Waals surface area contributed by atoms with E-state index >= 15 is 0 Å². The molecule has 1 aliphatic heterocycles. The molecular weight excluding hydrogens is 391 g/mol. The minimum Gasteiger partial charge on any atom is -0.547 e. The van der Waals surface area contributed by atoms with Crippen molar-refractivity contribution in [3.8, 4) is 0 Å². The van der Waals surface area contributed by atoms with Gasteiger partial charge in [0.2, 0.25) is 0 Å². The second kappa shape index (κ2) is 9.66. The summed E-state index contributed by atoms with van der Waals surface area (Å²) in [6.45, 7) is 17.8. The molecular formula is C28H39BN2O. The quantitative estimate of drug-likeness (QED) is 0.378. The standard InChI is InChI=1S/C28H39BN2O/c1-21(2)19-29-31(28(6,7)8)24(20-30-27(3,4)5)26(32-29)25(22-15-11-9-12-16-22)23-17-13-10-14-18-23/h9-18,20-21,24H,19H2,1-8H3. The summed E-state index contributed by atoms with van der Waals surface area (Å²) in [6.07, 6.45) is 3.09. The highest BCUT2D eigenvalue weighted by molar-refractivity contribution is 6.51. The fourth-order valence-electron chi connectivity index (χ4n) is 4.29. The van der Waals surface area contributed by atoms with Gasteiger partial charge in [0.05, 0.1) is 11.6 Å². The lowest BCUT2D eigenvalue weighted by atomic mass is 9.69. The van der Waals surface area contributed by atoms with Gasteiger partial charge in [0.15, 0.2) is 0 Å². The molecule has 2 aromatic carbocycles. The van der Waals surface area contributed by atoms with Crippen LogP contribution in [0.3, 0.4) is 0 Å². The van der Waals surface area contributed by atoms with Crippen LogP contribution in [0.5, 0.6) is 0 Å². The maximum Gasteiger partial charge on any atom is 0.450 e. The Balaban J connectivity index is 2.28. The SMILES string of the molecule is CC(C)CB1OC(=C(c2ccccc2)c2ccccc2)C(C=NC(C)(C)C)N1C(C)(C)C. The number of aliphatic imine (C=N–C) groups is 1. The van der Waals surface area contributed by atoms with Crippen molar-refractivity contribution >= 4 is 18.8 Å². The molecule has 0 spiro atoms. The molecule has 1 aliphatic rings. The third-order valence-electron chi connectivity index (χ3n) is 5.56. The molecule has 0 bridgehead atoms. The molecule has 0 amide bonds. The van der Waals surface area contributed by atoms with Gasteiger partial charge in [-0.3, -0.25) is 9.80 Å². The Kier molecular flexibility index (Phi) is 7.34. The van der Waals surface area contributed by atoms with E-state index in [2.05, 4.69) is 127 Å². The van der Waals surface area contributed by atoms with Crippen molar-refractivity contribution < 1.29 is 4.65 Å². The van der Waals surface area contributed by atoms with E-state index in [9.17, 15) is 0 Å². The zero-order valence-electron chi connectivity index (χ0n) is 21.1. The molecule has 32 heavy (non-hydrogen) atoms. The minimum atomic E-state index is -0.148. The molecule has 1 heterocycles. The van der Waals surface area contributed by atoms with Crippen molar-refractivity contribution in [1.29, 1.82) is 0 Å². The molecule has 0 N–H and O–H groups in total. The van der Waals surface area contributed by atoms with E-state index in [4.69, 9.17) is 9.65 Å². The Bertz CT molecular complexity index is 895. The van der Waals surface area contributed by atoms with E-state index in [1.54, 1.807) is 0 Å². The van der Waals surface area contributed by atoms with Gasteiger partial charge in [-0.05, 0) is 64.9 Å². The molecule has 1 atom stereocenters. The Morgan fingerprint density at radius 3 is 1.84 bits per heavy atom. The molecule has 3 rings (SSSR count). The van der Waals surface area contributed by atoms with Gasteiger partial charge < -0.3 is 4.65 Å². The topological polar surface area (TPSA) is 24.8 Å². The lowest BCUT2D eigenvalue weighted by Crippen LogP contribution is -2.52. The summed E-state index contributed by atoms with van der Waals surface area (Å²) in [5, 5.41) is 0. The van der Waals surface area contributed by atoms with Crippen LogP contribution in [-0.2, 0) is 4.65 Å². The molecule has 0 aliphatic carbocycles. The molecule has 0 aromatic heterocycles. The predicted molar refractivity (Wildman–Crippen MR) is 139 cm³/mol. The van der Waals surface area contributed by atoms with Crippen LogP contribution in [0.2, 0.25) is 6.32 Å². The van der Waals surface area contributed by atoms with Crippen molar-refractivity contribution in [2.24, 2.45) is 10.9 Å². The van der Waals surface area contributed by atoms with Gasteiger partial charge in [-0.25, -0.2) is 0 Å². The fraction of sp³-hybridized carbons (Fsp3) is 0.464. The van der Waals surface area contributed by atoms with E-state index in [-0.39, 0.29) is 24.2 Å². The van der Waals surface area contributed by atoms with Gasteiger partial charge in [0, 0.05) is 17.3 Å². The van der Waals surface area contributed by atoms with Crippen LogP contribution in [0.4, 0.5) is 0 Å². The highest BCUT2D eigenvalue weighted by Gasteiger charge is 2.49. The molecule has 1 unspecified atom stereocenters. The number of rotatable bonds is 5. The molecule has 1 saturated heterocycles. The third-order valence-corrected chi connectivity index (χ3v) is 5.56. The summed E-state index contributed by atoms with van der Waals surface area (Å²) < 4.78 is 6.87. The normalized spacial score (nSPS) is 18.0. The average molecular weight is 430 g/mol.